The van der Waals surface area contributed by atoms with E-state index in [9.17, 15) is 0 Å². The van der Waals surface area contributed by atoms with Crippen LogP contribution in [0.15, 0.2) is 10.5 Å². The summed E-state index contributed by atoms with van der Waals surface area (Å²) < 4.78 is 5.74. The molecule has 0 saturated heterocycles. The molecule has 4 aliphatic carbocycles. The van der Waals surface area contributed by atoms with Crippen LogP contribution >= 0.6 is 0 Å². The standard InChI is InChI=1S/C18H27NO/c1-11-4-15(12(2)20-11)16(19)18-8-13-5-14(9-18)7-17(3,6-13)10-18/h4,13-14,16H,5-10,19H2,1-3H3. The van der Waals surface area contributed by atoms with E-state index in [1.165, 1.54) is 44.1 Å². The summed E-state index contributed by atoms with van der Waals surface area (Å²) in [5.74, 6) is 3.90. The van der Waals surface area contributed by atoms with Crippen LogP contribution in [0.1, 0.15) is 68.6 Å². The van der Waals surface area contributed by atoms with Crippen molar-refractivity contribution in [2.75, 3.05) is 0 Å². The summed E-state index contributed by atoms with van der Waals surface area (Å²) in [5, 5.41) is 0. The van der Waals surface area contributed by atoms with Crippen molar-refractivity contribution in [2.45, 2.75) is 65.3 Å². The van der Waals surface area contributed by atoms with Gasteiger partial charge in [0.1, 0.15) is 11.5 Å². The fraction of sp³-hybridized carbons (Fsp3) is 0.778. The molecule has 110 valence electrons. The molecular formula is C18H27NO. The van der Waals surface area contributed by atoms with Gasteiger partial charge < -0.3 is 10.2 Å². The quantitative estimate of drug-likeness (QED) is 0.861. The van der Waals surface area contributed by atoms with Gasteiger partial charge in [-0.25, -0.2) is 0 Å². The van der Waals surface area contributed by atoms with E-state index >= 15 is 0 Å². The van der Waals surface area contributed by atoms with Crippen molar-refractivity contribution in [3.63, 3.8) is 0 Å². The number of aryl methyl sites for hydroxylation is 2. The van der Waals surface area contributed by atoms with Crippen LogP contribution in [0.25, 0.3) is 0 Å². The summed E-state index contributed by atoms with van der Waals surface area (Å²) in [6, 6.07) is 2.35. The molecule has 4 fully saturated rings. The topological polar surface area (TPSA) is 39.2 Å². The first-order chi connectivity index (χ1) is 9.39. The Morgan fingerprint density at radius 1 is 1.20 bits per heavy atom. The zero-order valence-electron chi connectivity index (χ0n) is 13.0. The average Bonchev–Trinajstić information content (AvgIpc) is 2.64. The van der Waals surface area contributed by atoms with Gasteiger partial charge in [-0.05, 0) is 81.1 Å². The minimum absolute atomic E-state index is 0.171. The van der Waals surface area contributed by atoms with Crippen LogP contribution in [0, 0.1) is 36.5 Å². The third-order valence-corrected chi connectivity index (χ3v) is 6.47. The minimum Gasteiger partial charge on any atom is -0.466 e. The van der Waals surface area contributed by atoms with Crippen molar-refractivity contribution in [2.24, 2.45) is 28.4 Å². The Kier molecular flexibility index (Phi) is 2.53. The Morgan fingerprint density at radius 3 is 2.35 bits per heavy atom. The molecule has 1 heterocycles. The molecule has 4 bridgehead atoms. The second-order valence-electron chi connectivity index (χ2n) is 8.48. The second-order valence-corrected chi connectivity index (χ2v) is 8.48. The van der Waals surface area contributed by atoms with Gasteiger partial charge in [-0.3, -0.25) is 0 Å². The summed E-state index contributed by atoms with van der Waals surface area (Å²) in [4.78, 5) is 0. The van der Waals surface area contributed by atoms with Crippen molar-refractivity contribution < 1.29 is 4.42 Å². The third kappa shape index (κ3) is 1.73. The molecule has 0 aliphatic heterocycles. The van der Waals surface area contributed by atoms with E-state index in [4.69, 9.17) is 10.2 Å². The van der Waals surface area contributed by atoms with Crippen LogP contribution in [0.4, 0.5) is 0 Å². The van der Waals surface area contributed by atoms with Crippen LogP contribution < -0.4 is 5.73 Å². The molecule has 2 heteroatoms. The zero-order chi connectivity index (χ0) is 14.1. The van der Waals surface area contributed by atoms with Gasteiger partial charge in [0.2, 0.25) is 0 Å². The number of furan rings is 1. The summed E-state index contributed by atoms with van der Waals surface area (Å²) >= 11 is 0. The number of nitrogens with two attached hydrogens (primary N) is 1. The lowest BCUT2D eigenvalue weighted by Gasteiger charge is -2.63. The Labute approximate surface area is 122 Å². The summed E-state index contributed by atoms with van der Waals surface area (Å²) in [6.45, 7) is 6.62. The Hall–Kier alpha value is -0.760. The first kappa shape index (κ1) is 12.9. The SMILES string of the molecule is Cc1cc(C(N)C23CC4CC(CC(C)(C4)C2)C3)c(C)o1. The van der Waals surface area contributed by atoms with Crippen LogP contribution in [0.2, 0.25) is 0 Å². The lowest BCUT2D eigenvalue weighted by molar-refractivity contribution is -0.114. The predicted octanol–water partition coefficient (Wildman–Crippen LogP) is 4.50. The molecule has 0 spiro atoms. The Bertz CT molecular complexity index is 530. The fourth-order valence-electron chi connectivity index (χ4n) is 6.45. The molecule has 2 N–H and O–H groups in total. The number of rotatable bonds is 2. The van der Waals surface area contributed by atoms with Crippen LogP contribution in [-0.2, 0) is 0 Å². The Balaban J connectivity index is 1.72. The first-order valence-corrected chi connectivity index (χ1v) is 8.22. The van der Waals surface area contributed by atoms with Crippen molar-refractivity contribution in [3.8, 4) is 0 Å². The highest BCUT2D eigenvalue weighted by molar-refractivity contribution is 5.27. The molecule has 1 aromatic rings. The van der Waals surface area contributed by atoms with Gasteiger partial charge in [-0.2, -0.15) is 0 Å². The molecule has 0 amide bonds. The van der Waals surface area contributed by atoms with Gasteiger partial charge in [-0.15, -0.1) is 0 Å². The van der Waals surface area contributed by atoms with Gasteiger partial charge >= 0.3 is 0 Å². The maximum atomic E-state index is 6.81. The molecule has 4 aliphatic rings. The molecule has 1 aromatic heterocycles. The van der Waals surface area contributed by atoms with Gasteiger partial charge in [0.15, 0.2) is 0 Å². The third-order valence-electron chi connectivity index (χ3n) is 6.47. The summed E-state index contributed by atoms with van der Waals surface area (Å²) in [6.07, 6.45) is 8.39. The highest BCUT2D eigenvalue weighted by Crippen LogP contribution is 2.68. The zero-order valence-corrected chi connectivity index (χ0v) is 13.0. The van der Waals surface area contributed by atoms with Crippen LogP contribution in [-0.4, -0.2) is 0 Å². The largest absolute Gasteiger partial charge is 0.466 e. The molecule has 2 nitrogen and oxygen atoms in total. The average molecular weight is 273 g/mol. The molecule has 5 rings (SSSR count). The van der Waals surface area contributed by atoms with E-state index in [-0.39, 0.29) is 6.04 Å². The van der Waals surface area contributed by atoms with Crippen LogP contribution in [0.3, 0.4) is 0 Å². The lowest BCUT2D eigenvalue weighted by Crippen LogP contribution is -2.54. The second kappa shape index (κ2) is 3.91. The molecule has 3 unspecified atom stereocenters. The van der Waals surface area contributed by atoms with E-state index < -0.39 is 0 Å². The number of hydrogen-bond acceptors (Lipinski definition) is 2. The fourth-order valence-corrected chi connectivity index (χ4v) is 6.45. The molecular weight excluding hydrogens is 246 g/mol. The summed E-state index contributed by atoms with van der Waals surface area (Å²) in [7, 11) is 0. The number of hydrogen-bond donors (Lipinski definition) is 1. The molecule has 0 aromatic carbocycles. The highest BCUT2D eigenvalue weighted by atomic mass is 16.3. The maximum absolute atomic E-state index is 6.81. The smallest absolute Gasteiger partial charge is 0.105 e. The van der Waals surface area contributed by atoms with E-state index in [1.54, 1.807) is 0 Å². The normalized spacial score (nSPS) is 44.0. The van der Waals surface area contributed by atoms with Gasteiger partial charge in [0, 0.05) is 11.6 Å². The van der Waals surface area contributed by atoms with E-state index in [2.05, 4.69) is 19.9 Å². The van der Waals surface area contributed by atoms with Crippen LogP contribution in [0.5, 0.6) is 0 Å². The van der Waals surface area contributed by atoms with Crippen molar-refractivity contribution in [1.82, 2.24) is 0 Å². The maximum Gasteiger partial charge on any atom is 0.105 e. The van der Waals surface area contributed by atoms with E-state index in [1.807, 2.05) is 6.92 Å². The Morgan fingerprint density at radius 2 is 1.85 bits per heavy atom. The molecule has 3 atom stereocenters. The van der Waals surface area contributed by atoms with E-state index in [0.717, 1.165) is 23.4 Å². The molecule has 0 radical (unpaired) electrons. The molecule has 4 saturated carbocycles. The van der Waals surface area contributed by atoms with Crippen molar-refractivity contribution in [1.29, 1.82) is 0 Å². The predicted molar refractivity (Wildman–Crippen MR) is 80.3 cm³/mol. The lowest BCUT2D eigenvalue weighted by atomic mass is 9.43. The van der Waals surface area contributed by atoms with E-state index in [0.29, 0.717) is 10.8 Å². The highest BCUT2D eigenvalue weighted by Gasteiger charge is 2.58. The van der Waals surface area contributed by atoms with Gasteiger partial charge in [-0.1, -0.05) is 6.92 Å². The van der Waals surface area contributed by atoms with Crippen molar-refractivity contribution in [3.05, 3.63) is 23.2 Å². The minimum atomic E-state index is 0.171. The monoisotopic (exact) mass is 273 g/mol. The van der Waals surface area contributed by atoms with Crippen molar-refractivity contribution >= 4 is 0 Å². The van der Waals surface area contributed by atoms with Gasteiger partial charge in [0.05, 0.1) is 0 Å². The summed E-state index contributed by atoms with van der Waals surface area (Å²) in [5.41, 5.74) is 8.99. The molecule has 20 heavy (non-hydrogen) atoms. The first-order valence-electron chi connectivity index (χ1n) is 8.22. The van der Waals surface area contributed by atoms with Gasteiger partial charge in [0.25, 0.3) is 0 Å².